The standard InChI is InChI=1S/C11H15BrN4/c1-3-7(2)6-16-10-9(15-11(16)13)4-8(12)5-14-10/h4-5,7H,3,6H2,1-2H3,(H2,13,15). The first-order valence-corrected chi connectivity index (χ1v) is 6.18. The van der Waals surface area contributed by atoms with Gasteiger partial charge in [-0.1, -0.05) is 20.3 Å². The van der Waals surface area contributed by atoms with Crippen LogP contribution < -0.4 is 5.73 Å². The van der Waals surface area contributed by atoms with Crippen molar-refractivity contribution in [1.82, 2.24) is 14.5 Å². The van der Waals surface area contributed by atoms with E-state index >= 15 is 0 Å². The van der Waals surface area contributed by atoms with Crippen molar-refractivity contribution in [3.05, 3.63) is 16.7 Å². The van der Waals surface area contributed by atoms with Gasteiger partial charge in [-0.15, -0.1) is 0 Å². The lowest BCUT2D eigenvalue weighted by atomic mass is 10.1. The van der Waals surface area contributed by atoms with Crippen molar-refractivity contribution >= 4 is 33.0 Å². The maximum atomic E-state index is 5.90. The van der Waals surface area contributed by atoms with E-state index in [1.54, 1.807) is 6.20 Å². The summed E-state index contributed by atoms with van der Waals surface area (Å²) in [6.07, 6.45) is 2.90. The first-order valence-electron chi connectivity index (χ1n) is 5.39. The van der Waals surface area contributed by atoms with Crippen molar-refractivity contribution in [2.45, 2.75) is 26.8 Å². The van der Waals surface area contributed by atoms with E-state index in [2.05, 4.69) is 39.7 Å². The van der Waals surface area contributed by atoms with Gasteiger partial charge in [-0.2, -0.15) is 0 Å². The van der Waals surface area contributed by atoms with Gasteiger partial charge >= 0.3 is 0 Å². The fourth-order valence-electron chi connectivity index (χ4n) is 1.62. The molecular weight excluding hydrogens is 268 g/mol. The summed E-state index contributed by atoms with van der Waals surface area (Å²) in [5, 5.41) is 0. The van der Waals surface area contributed by atoms with Gasteiger partial charge in [-0.3, -0.25) is 4.57 Å². The Bertz CT molecular complexity index is 506. The average molecular weight is 283 g/mol. The van der Waals surface area contributed by atoms with Crippen molar-refractivity contribution in [2.24, 2.45) is 5.92 Å². The van der Waals surface area contributed by atoms with Crippen LogP contribution in [0, 0.1) is 5.92 Å². The maximum Gasteiger partial charge on any atom is 0.202 e. The zero-order valence-corrected chi connectivity index (χ0v) is 11.0. The van der Waals surface area contributed by atoms with Gasteiger partial charge in [0.25, 0.3) is 0 Å². The van der Waals surface area contributed by atoms with Crippen molar-refractivity contribution in [3.8, 4) is 0 Å². The van der Waals surface area contributed by atoms with Crippen LogP contribution >= 0.6 is 15.9 Å². The molecule has 86 valence electrons. The highest BCUT2D eigenvalue weighted by molar-refractivity contribution is 9.10. The second-order valence-electron chi connectivity index (χ2n) is 4.09. The number of pyridine rings is 1. The number of hydrogen-bond acceptors (Lipinski definition) is 3. The Morgan fingerprint density at radius 3 is 3.00 bits per heavy atom. The number of halogens is 1. The van der Waals surface area contributed by atoms with Gasteiger partial charge in [0.05, 0.1) is 0 Å². The van der Waals surface area contributed by atoms with Crippen LogP contribution in [0.5, 0.6) is 0 Å². The van der Waals surface area contributed by atoms with Crippen molar-refractivity contribution in [2.75, 3.05) is 5.73 Å². The summed E-state index contributed by atoms with van der Waals surface area (Å²) in [6, 6.07) is 1.94. The Kier molecular flexibility index (Phi) is 3.14. The fourth-order valence-corrected chi connectivity index (χ4v) is 1.94. The smallest absolute Gasteiger partial charge is 0.202 e. The van der Waals surface area contributed by atoms with Crippen LogP contribution in [0.3, 0.4) is 0 Å². The maximum absolute atomic E-state index is 5.90. The van der Waals surface area contributed by atoms with E-state index in [1.165, 1.54) is 0 Å². The van der Waals surface area contributed by atoms with Crippen LogP contribution in [0.2, 0.25) is 0 Å². The lowest BCUT2D eigenvalue weighted by Crippen LogP contribution is -2.10. The SMILES string of the molecule is CCC(C)Cn1c(N)nc2cc(Br)cnc21. The molecule has 2 rings (SSSR count). The van der Waals surface area contributed by atoms with Crippen LogP contribution in [0.15, 0.2) is 16.7 Å². The zero-order chi connectivity index (χ0) is 11.7. The van der Waals surface area contributed by atoms with Crippen LogP contribution in [-0.4, -0.2) is 14.5 Å². The number of anilines is 1. The third-order valence-electron chi connectivity index (χ3n) is 2.77. The number of imidazole rings is 1. The van der Waals surface area contributed by atoms with Gasteiger partial charge in [0.2, 0.25) is 5.95 Å². The van der Waals surface area contributed by atoms with Gasteiger partial charge < -0.3 is 5.73 Å². The Labute approximate surface area is 103 Å². The van der Waals surface area contributed by atoms with E-state index in [9.17, 15) is 0 Å². The number of hydrogen-bond donors (Lipinski definition) is 1. The van der Waals surface area contributed by atoms with Crippen molar-refractivity contribution in [3.63, 3.8) is 0 Å². The minimum Gasteiger partial charge on any atom is -0.369 e. The molecule has 1 unspecified atom stereocenters. The molecule has 0 aliphatic rings. The molecular formula is C11H15BrN4. The molecule has 0 saturated carbocycles. The largest absolute Gasteiger partial charge is 0.369 e. The Morgan fingerprint density at radius 1 is 1.56 bits per heavy atom. The molecule has 2 N–H and O–H groups in total. The molecule has 0 aliphatic heterocycles. The molecule has 0 aromatic carbocycles. The fraction of sp³-hybridized carbons (Fsp3) is 0.455. The molecule has 1 atom stereocenters. The molecule has 0 bridgehead atoms. The lowest BCUT2D eigenvalue weighted by molar-refractivity contribution is 0.478. The number of fused-ring (bicyclic) bond motifs is 1. The molecule has 2 aromatic heterocycles. The second-order valence-corrected chi connectivity index (χ2v) is 5.01. The summed E-state index contributed by atoms with van der Waals surface area (Å²) in [4.78, 5) is 8.67. The summed E-state index contributed by atoms with van der Waals surface area (Å²) in [5.74, 6) is 1.12. The average Bonchev–Trinajstić information content (AvgIpc) is 2.54. The van der Waals surface area contributed by atoms with Gasteiger partial charge in [0.15, 0.2) is 5.65 Å². The second kappa shape index (κ2) is 4.41. The van der Waals surface area contributed by atoms with Crippen molar-refractivity contribution in [1.29, 1.82) is 0 Å². The third-order valence-corrected chi connectivity index (χ3v) is 3.21. The lowest BCUT2D eigenvalue weighted by Gasteiger charge is -2.10. The first-order chi connectivity index (χ1) is 7.61. The summed E-state index contributed by atoms with van der Waals surface area (Å²) in [5.41, 5.74) is 7.61. The minimum atomic E-state index is 0.542. The van der Waals surface area contributed by atoms with E-state index < -0.39 is 0 Å². The van der Waals surface area contributed by atoms with E-state index in [1.807, 2.05) is 10.6 Å². The molecule has 0 aliphatic carbocycles. The highest BCUT2D eigenvalue weighted by atomic mass is 79.9. The number of rotatable bonds is 3. The predicted molar refractivity (Wildman–Crippen MR) is 69.1 cm³/mol. The zero-order valence-electron chi connectivity index (χ0n) is 9.44. The monoisotopic (exact) mass is 282 g/mol. The normalized spacial score (nSPS) is 13.2. The van der Waals surface area contributed by atoms with Gasteiger partial charge in [0, 0.05) is 17.2 Å². The molecule has 2 aromatic rings. The van der Waals surface area contributed by atoms with Crippen LogP contribution in [0.25, 0.3) is 11.2 Å². The van der Waals surface area contributed by atoms with Gasteiger partial charge in [-0.25, -0.2) is 9.97 Å². The predicted octanol–water partition coefficient (Wildman–Crippen LogP) is 2.82. The molecule has 5 heteroatoms. The van der Waals surface area contributed by atoms with Crippen LogP contribution in [0.4, 0.5) is 5.95 Å². The van der Waals surface area contributed by atoms with Crippen molar-refractivity contribution < 1.29 is 0 Å². The molecule has 0 radical (unpaired) electrons. The van der Waals surface area contributed by atoms with E-state index in [-0.39, 0.29) is 0 Å². The number of nitrogens with zero attached hydrogens (tertiary/aromatic N) is 3. The molecule has 0 amide bonds. The Hall–Kier alpha value is -1.10. The topological polar surface area (TPSA) is 56.7 Å². The third kappa shape index (κ3) is 2.04. The summed E-state index contributed by atoms with van der Waals surface area (Å²) in [6.45, 7) is 5.24. The highest BCUT2D eigenvalue weighted by Crippen LogP contribution is 2.21. The quantitative estimate of drug-likeness (QED) is 0.942. The van der Waals surface area contributed by atoms with E-state index in [4.69, 9.17) is 5.73 Å². The minimum absolute atomic E-state index is 0.542. The molecule has 0 saturated heterocycles. The number of aromatic nitrogens is 3. The molecule has 16 heavy (non-hydrogen) atoms. The first kappa shape index (κ1) is 11.4. The number of nitrogen functional groups attached to an aromatic ring is 1. The molecule has 0 fully saturated rings. The van der Waals surface area contributed by atoms with Gasteiger partial charge in [-0.05, 0) is 27.9 Å². The Morgan fingerprint density at radius 2 is 2.31 bits per heavy atom. The van der Waals surface area contributed by atoms with Gasteiger partial charge in [0.1, 0.15) is 5.52 Å². The molecule has 2 heterocycles. The Balaban J connectivity index is 2.47. The van der Waals surface area contributed by atoms with Crippen LogP contribution in [-0.2, 0) is 6.54 Å². The summed E-state index contributed by atoms with van der Waals surface area (Å²) >= 11 is 3.38. The highest BCUT2D eigenvalue weighted by Gasteiger charge is 2.11. The van der Waals surface area contributed by atoms with Crippen LogP contribution in [0.1, 0.15) is 20.3 Å². The molecule has 0 spiro atoms. The number of nitrogens with two attached hydrogens (primary N) is 1. The summed E-state index contributed by atoms with van der Waals surface area (Å²) in [7, 11) is 0. The summed E-state index contributed by atoms with van der Waals surface area (Å²) < 4.78 is 2.91. The van der Waals surface area contributed by atoms with E-state index in [0.29, 0.717) is 11.9 Å². The van der Waals surface area contributed by atoms with E-state index in [0.717, 1.165) is 28.6 Å². The molecule has 4 nitrogen and oxygen atoms in total.